The van der Waals surface area contributed by atoms with Crippen molar-refractivity contribution >= 4 is 28.3 Å². The fourth-order valence-corrected chi connectivity index (χ4v) is 4.56. The van der Waals surface area contributed by atoms with E-state index in [0.29, 0.717) is 23.9 Å². The molecule has 2 aromatic carbocycles. The lowest BCUT2D eigenvalue weighted by Crippen LogP contribution is -2.28. The van der Waals surface area contributed by atoms with Crippen molar-refractivity contribution in [1.82, 2.24) is 14.5 Å². The van der Waals surface area contributed by atoms with Gasteiger partial charge in [-0.2, -0.15) is 4.98 Å². The van der Waals surface area contributed by atoms with Crippen LogP contribution in [0.15, 0.2) is 48.5 Å². The molecule has 0 aliphatic carbocycles. The third-order valence-corrected chi connectivity index (χ3v) is 6.08. The molecule has 0 fully saturated rings. The van der Waals surface area contributed by atoms with Gasteiger partial charge in [0.15, 0.2) is 5.82 Å². The molecule has 0 bridgehead atoms. The first-order valence-electron chi connectivity index (χ1n) is 10.9. The molecule has 33 heavy (non-hydrogen) atoms. The number of amides is 1. The summed E-state index contributed by atoms with van der Waals surface area (Å²) in [6.45, 7) is 3.31. The van der Waals surface area contributed by atoms with E-state index in [-0.39, 0.29) is 5.82 Å². The molecule has 168 valence electrons. The largest absolute Gasteiger partial charge is 0.370 e. The van der Waals surface area contributed by atoms with Gasteiger partial charge in [0.25, 0.3) is 0 Å². The van der Waals surface area contributed by atoms with E-state index in [9.17, 15) is 9.18 Å². The molecule has 0 unspecified atom stereocenters. The lowest BCUT2D eigenvalue weighted by molar-refractivity contribution is 0.100. The molecule has 0 saturated heterocycles. The minimum atomic E-state index is -0.469. The Morgan fingerprint density at radius 2 is 2.00 bits per heavy atom. The predicted octanol–water partition coefficient (Wildman–Crippen LogP) is 3.96. The number of aromatic nitrogens is 3. The van der Waals surface area contributed by atoms with Crippen LogP contribution >= 0.6 is 0 Å². The highest BCUT2D eigenvalue weighted by atomic mass is 19.1. The standard InChI is InChI=1S/C25H25FN6O/c1-15-12-19-18(23(27)33)8-4-10-21(19)32(15)25-29-20-9-5-11-31(2)22(20)24(30-25)28-14-16-6-3-7-17(26)13-16/h3-4,6-8,10,12-13H,5,9,11,14H2,1-2H3,(H2,27,33)(H,28,29,30). The molecule has 8 heteroatoms. The zero-order valence-electron chi connectivity index (χ0n) is 18.6. The lowest BCUT2D eigenvalue weighted by atomic mass is 10.1. The minimum absolute atomic E-state index is 0.267. The number of nitrogens with two attached hydrogens (primary N) is 1. The highest BCUT2D eigenvalue weighted by Crippen LogP contribution is 2.34. The molecule has 3 N–H and O–H groups in total. The monoisotopic (exact) mass is 444 g/mol. The Balaban J connectivity index is 1.64. The SMILES string of the molecule is Cc1cc2c(C(N)=O)cccc2n1-c1nc2c(c(NCc3cccc(F)c3)n1)N(C)CCC2. The summed E-state index contributed by atoms with van der Waals surface area (Å²) >= 11 is 0. The second-order valence-electron chi connectivity index (χ2n) is 8.40. The van der Waals surface area contributed by atoms with Crippen molar-refractivity contribution in [2.24, 2.45) is 5.73 Å². The fourth-order valence-electron chi connectivity index (χ4n) is 4.56. The molecule has 0 spiro atoms. The Labute approximate surface area is 191 Å². The van der Waals surface area contributed by atoms with E-state index < -0.39 is 5.91 Å². The van der Waals surface area contributed by atoms with Gasteiger partial charge in [0.1, 0.15) is 11.5 Å². The van der Waals surface area contributed by atoms with E-state index >= 15 is 0 Å². The first-order valence-corrected chi connectivity index (χ1v) is 10.9. The number of hydrogen-bond acceptors (Lipinski definition) is 5. The van der Waals surface area contributed by atoms with Crippen LogP contribution in [0, 0.1) is 12.7 Å². The van der Waals surface area contributed by atoms with E-state index in [0.717, 1.165) is 52.9 Å². The summed E-state index contributed by atoms with van der Waals surface area (Å²) in [4.78, 5) is 23.9. The zero-order valence-corrected chi connectivity index (χ0v) is 18.6. The molecule has 3 heterocycles. The van der Waals surface area contributed by atoms with Crippen LogP contribution in [0.4, 0.5) is 15.9 Å². The molecule has 5 rings (SSSR count). The predicted molar refractivity (Wildman–Crippen MR) is 127 cm³/mol. The Morgan fingerprint density at radius 3 is 2.79 bits per heavy atom. The van der Waals surface area contributed by atoms with E-state index in [4.69, 9.17) is 15.7 Å². The van der Waals surface area contributed by atoms with Crippen LogP contribution in [0.2, 0.25) is 0 Å². The summed E-state index contributed by atoms with van der Waals surface area (Å²) in [6.07, 6.45) is 1.84. The van der Waals surface area contributed by atoms with Crippen molar-refractivity contribution in [2.75, 3.05) is 23.8 Å². The number of primary amides is 1. The molecule has 0 atom stereocenters. The number of rotatable bonds is 5. The molecule has 0 radical (unpaired) electrons. The van der Waals surface area contributed by atoms with Gasteiger partial charge in [-0.05, 0) is 55.7 Å². The molecular weight excluding hydrogens is 419 g/mol. The van der Waals surface area contributed by atoms with E-state index in [2.05, 4.69) is 10.2 Å². The molecule has 1 aliphatic rings. The number of aryl methyl sites for hydroxylation is 2. The summed E-state index contributed by atoms with van der Waals surface area (Å²) in [7, 11) is 2.03. The maximum atomic E-state index is 13.7. The first kappa shape index (κ1) is 20.9. The van der Waals surface area contributed by atoms with Crippen LogP contribution in [0.3, 0.4) is 0 Å². The van der Waals surface area contributed by atoms with Gasteiger partial charge in [0.05, 0.1) is 11.2 Å². The average molecular weight is 445 g/mol. The Morgan fingerprint density at radius 1 is 1.18 bits per heavy atom. The highest BCUT2D eigenvalue weighted by molar-refractivity contribution is 6.06. The normalized spacial score (nSPS) is 13.2. The number of nitrogens with one attached hydrogen (secondary N) is 1. The van der Waals surface area contributed by atoms with Crippen LogP contribution < -0.4 is 16.0 Å². The number of halogens is 1. The minimum Gasteiger partial charge on any atom is -0.370 e. The third kappa shape index (κ3) is 3.77. The first-order chi connectivity index (χ1) is 15.9. The molecule has 2 aromatic heterocycles. The quantitative estimate of drug-likeness (QED) is 0.486. The molecule has 7 nitrogen and oxygen atoms in total. The second kappa shape index (κ2) is 8.20. The van der Waals surface area contributed by atoms with E-state index in [1.165, 1.54) is 12.1 Å². The van der Waals surface area contributed by atoms with Crippen LogP contribution in [-0.2, 0) is 13.0 Å². The van der Waals surface area contributed by atoms with Gasteiger partial charge in [0, 0.05) is 36.8 Å². The number of carbonyl (C=O) groups excluding carboxylic acids is 1. The number of nitrogens with zero attached hydrogens (tertiary/aromatic N) is 4. The molecule has 0 saturated carbocycles. The van der Waals surface area contributed by atoms with Crippen molar-refractivity contribution < 1.29 is 9.18 Å². The Bertz CT molecular complexity index is 1380. The lowest BCUT2D eigenvalue weighted by Gasteiger charge is -2.29. The van der Waals surface area contributed by atoms with Crippen molar-refractivity contribution in [3.63, 3.8) is 0 Å². The average Bonchev–Trinajstić information content (AvgIpc) is 3.13. The maximum absolute atomic E-state index is 13.7. The number of carbonyl (C=O) groups is 1. The Hall–Kier alpha value is -3.94. The second-order valence-corrected chi connectivity index (χ2v) is 8.40. The van der Waals surface area contributed by atoms with Crippen LogP contribution in [0.5, 0.6) is 0 Å². The van der Waals surface area contributed by atoms with Gasteiger partial charge < -0.3 is 16.0 Å². The van der Waals surface area contributed by atoms with Crippen molar-refractivity contribution in [2.45, 2.75) is 26.3 Å². The third-order valence-electron chi connectivity index (χ3n) is 6.08. The zero-order chi connectivity index (χ0) is 23.1. The molecule has 1 aliphatic heterocycles. The van der Waals surface area contributed by atoms with E-state index in [1.54, 1.807) is 12.1 Å². The molecular formula is C25H25FN6O. The van der Waals surface area contributed by atoms with E-state index in [1.807, 2.05) is 42.8 Å². The van der Waals surface area contributed by atoms with Crippen molar-refractivity contribution in [3.8, 4) is 5.95 Å². The summed E-state index contributed by atoms with van der Waals surface area (Å²) in [6, 6.07) is 13.9. The van der Waals surface area contributed by atoms with Crippen LogP contribution in [0.1, 0.15) is 33.7 Å². The number of anilines is 2. The topological polar surface area (TPSA) is 89.1 Å². The molecule has 4 aromatic rings. The van der Waals surface area contributed by atoms with Gasteiger partial charge in [-0.25, -0.2) is 9.37 Å². The fraction of sp³-hybridized carbons (Fsp3) is 0.240. The summed E-state index contributed by atoms with van der Waals surface area (Å²) in [5.74, 6) is 0.494. The van der Waals surface area contributed by atoms with Crippen molar-refractivity contribution in [3.05, 3.63) is 76.9 Å². The van der Waals surface area contributed by atoms with Crippen molar-refractivity contribution in [1.29, 1.82) is 0 Å². The van der Waals surface area contributed by atoms with Gasteiger partial charge in [-0.15, -0.1) is 0 Å². The smallest absolute Gasteiger partial charge is 0.249 e. The maximum Gasteiger partial charge on any atom is 0.249 e. The van der Waals surface area contributed by atoms with Gasteiger partial charge in [0.2, 0.25) is 11.9 Å². The number of benzene rings is 2. The number of hydrogen-bond donors (Lipinski definition) is 2. The summed E-state index contributed by atoms with van der Waals surface area (Å²) in [5, 5.41) is 4.17. The van der Waals surface area contributed by atoms with Crippen LogP contribution in [0.25, 0.3) is 16.9 Å². The Kier molecular flexibility index (Phi) is 5.20. The van der Waals surface area contributed by atoms with Gasteiger partial charge >= 0.3 is 0 Å². The summed E-state index contributed by atoms with van der Waals surface area (Å²) < 4.78 is 15.6. The summed E-state index contributed by atoms with van der Waals surface area (Å²) in [5.41, 5.74) is 10.5. The molecule has 1 amide bonds. The highest BCUT2D eigenvalue weighted by Gasteiger charge is 2.24. The van der Waals surface area contributed by atoms with Crippen LogP contribution in [-0.4, -0.2) is 34.0 Å². The van der Waals surface area contributed by atoms with Gasteiger partial charge in [-0.3, -0.25) is 9.36 Å². The number of fused-ring (bicyclic) bond motifs is 2. The van der Waals surface area contributed by atoms with Gasteiger partial charge in [-0.1, -0.05) is 18.2 Å².